The second kappa shape index (κ2) is 8.57. The van der Waals surface area contributed by atoms with E-state index >= 15 is 0 Å². The van der Waals surface area contributed by atoms with Crippen molar-refractivity contribution in [1.29, 1.82) is 0 Å². The Morgan fingerprint density at radius 2 is 1.61 bits per heavy atom. The van der Waals surface area contributed by atoms with Crippen LogP contribution >= 0.6 is 0 Å². The molecule has 0 heterocycles. The summed E-state index contributed by atoms with van der Waals surface area (Å²) < 4.78 is 10.9. The van der Waals surface area contributed by atoms with Crippen LogP contribution in [0.3, 0.4) is 0 Å². The molecule has 36 heavy (non-hydrogen) atoms. The molecule has 5 saturated carbocycles. The van der Waals surface area contributed by atoms with E-state index in [2.05, 4.69) is 48.1 Å². The molecule has 0 amide bonds. The van der Waals surface area contributed by atoms with E-state index in [1.165, 1.54) is 31.3 Å². The van der Waals surface area contributed by atoms with Gasteiger partial charge in [-0.15, -0.1) is 0 Å². The van der Waals surface area contributed by atoms with Crippen molar-refractivity contribution < 1.29 is 19.4 Å². The van der Waals surface area contributed by atoms with Crippen LogP contribution in [0.25, 0.3) is 0 Å². The molecule has 0 aromatic heterocycles. The van der Waals surface area contributed by atoms with Gasteiger partial charge in [0, 0.05) is 7.11 Å². The van der Waals surface area contributed by atoms with Gasteiger partial charge < -0.3 is 14.6 Å². The van der Waals surface area contributed by atoms with E-state index in [0.29, 0.717) is 29.6 Å². The monoisotopic (exact) mass is 500 g/mol. The van der Waals surface area contributed by atoms with Gasteiger partial charge >= 0.3 is 5.97 Å². The number of fused-ring (bicyclic) bond motifs is 7. The van der Waals surface area contributed by atoms with Gasteiger partial charge in [-0.2, -0.15) is 0 Å². The summed E-state index contributed by atoms with van der Waals surface area (Å²) >= 11 is 0. The molecule has 1 N–H and O–H groups in total. The molecule has 5 fully saturated rings. The third-order valence-electron chi connectivity index (χ3n) is 13.8. The molecule has 5 rings (SSSR count). The van der Waals surface area contributed by atoms with Crippen molar-refractivity contribution in [2.75, 3.05) is 13.9 Å². The maximum Gasteiger partial charge on any atom is 0.314 e. The van der Waals surface area contributed by atoms with Crippen molar-refractivity contribution in [3.05, 3.63) is 12.2 Å². The first-order chi connectivity index (χ1) is 16.8. The van der Waals surface area contributed by atoms with E-state index < -0.39 is 0 Å². The first-order valence-electron chi connectivity index (χ1n) is 14.8. The van der Waals surface area contributed by atoms with Gasteiger partial charge in [-0.05, 0) is 122 Å². The van der Waals surface area contributed by atoms with E-state index in [9.17, 15) is 9.90 Å². The lowest BCUT2D eigenvalue weighted by molar-refractivity contribution is -0.249. The summed E-state index contributed by atoms with van der Waals surface area (Å²) in [7, 11) is 1.59. The van der Waals surface area contributed by atoms with Crippen LogP contribution in [0.15, 0.2) is 12.2 Å². The van der Waals surface area contributed by atoms with Crippen LogP contribution in [0.2, 0.25) is 0 Å². The van der Waals surface area contributed by atoms with E-state index in [1.807, 2.05) is 0 Å². The van der Waals surface area contributed by atoms with Crippen molar-refractivity contribution >= 4 is 5.97 Å². The molecule has 204 valence electrons. The standard InChI is InChI=1S/C32H52O4/c1-20(2)21-11-16-32(27(34)36-19-35-8)18-17-30(6)22(26(21)32)9-10-24-29(5)14-13-25(33)28(3,4)23(29)12-15-31(24,30)7/h21-26,33H,1,9-19H2,2-8H3/t21-,22+,23-,24+,25-,26+,29-,30+,31+,32-/m0/s1. The summed E-state index contributed by atoms with van der Waals surface area (Å²) in [5.41, 5.74) is 1.58. The van der Waals surface area contributed by atoms with Gasteiger partial charge in [0.1, 0.15) is 0 Å². The minimum absolute atomic E-state index is 0.0184. The molecule has 4 nitrogen and oxygen atoms in total. The fourth-order valence-electron chi connectivity index (χ4n) is 11.7. The Morgan fingerprint density at radius 3 is 2.28 bits per heavy atom. The van der Waals surface area contributed by atoms with Crippen molar-refractivity contribution in [3.8, 4) is 0 Å². The molecule has 0 aromatic rings. The minimum atomic E-state index is -0.381. The number of hydrogen-bond donors (Lipinski definition) is 1. The Kier molecular flexibility index (Phi) is 6.36. The number of methoxy groups -OCH3 is 1. The highest BCUT2D eigenvalue weighted by Crippen LogP contribution is 2.77. The number of aliphatic hydroxyl groups is 1. The molecular formula is C32H52O4. The minimum Gasteiger partial charge on any atom is -0.438 e. The van der Waals surface area contributed by atoms with Crippen LogP contribution in [-0.4, -0.2) is 31.1 Å². The van der Waals surface area contributed by atoms with Gasteiger partial charge in [0.2, 0.25) is 0 Å². The highest BCUT2D eigenvalue weighted by molar-refractivity contribution is 5.78. The van der Waals surface area contributed by atoms with Gasteiger partial charge in [-0.1, -0.05) is 46.8 Å². The first kappa shape index (κ1) is 26.7. The molecule has 0 radical (unpaired) electrons. The molecule has 0 bridgehead atoms. The molecule has 10 atom stereocenters. The van der Waals surface area contributed by atoms with Crippen molar-refractivity contribution in [3.63, 3.8) is 0 Å². The third-order valence-corrected chi connectivity index (χ3v) is 13.8. The van der Waals surface area contributed by atoms with Crippen LogP contribution in [0.1, 0.15) is 106 Å². The first-order valence-corrected chi connectivity index (χ1v) is 14.8. The molecule has 0 aromatic carbocycles. The number of carbonyl (C=O) groups is 1. The summed E-state index contributed by atoms with van der Waals surface area (Å²) in [5, 5.41) is 11.0. The number of rotatable bonds is 4. The summed E-state index contributed by atoms with van der Waals surface area (Å²) in [5.74, 6) is 2.48. The predicted molar refractivity (Wildman–Crippen MR) is 143 cm³/mol. The largest absolute Gasteiger partial charge is 0.438 e. The summed E-state index contributed by atoms with van der Waals surface area (Å²) in [6, 6.07) is 0. The van der Waals surface area contributed by atoms with Crippen molar-refractivity contribution in [2.45, 2.75) is 112 Å². The van der Waals surface area contributed by atoms with Gasteiger partial charge in [-0.25, -0.2) is 0 Å². The zero-order valence-corrected chi connectivity index (χ0v) is 24.1. The van der Waals surface area contributed by atoms with Crippen molar-refractivity contribution in [2.24, 2.45) is 56.7 Å². The summed E-state index contributed by atoms with van der Waals surface area (Å²) in [4.78, 5) is 13.7. The second-order valence-electron chi connectivity index (χ2n) is 15.1. The topological polar surface area (TPSA) is 55.8 Å². The number of hydrogen-bond acceptors (Lipinski definition) is 4. The van der Waals surface area contributed by atoms with Gasteiger partial charge in [0.25, 0.3) is 0 Å². The predicted octanol–water partition coefficient (Wildman–Crippen LogP) is 7.15. The molecule has 0 aliphatic heterocycles. The third kappa shape index (κ3) is 3.28. The van der Waals surface area contributed by atoms with Crippen LogP contribution in [0.4, 0.5) is 0 Å². The number of aliphatic hydroxyl groups excluding tert-OH is 1. The average molecular weight is 501 g/mol. The molecule has 5 aliphatic rings. The average Bonchev–Trinajstić information content (AvgIpc) is 3.22. The normalized spacial score (nSPS) is 51.3. The molecule has 5 aliphatic carbocycles. The summed E-state index contributed by atoms with van der Waals surface area (Å²) in [6.07, 6.45) is 10.8. The highest BCUT2D eigenvalue weighted by atomic mass is 16.7. The molecule has 0 spiro atoms. The molecular weight excluding hydrogens is 448 g/mol. The lowest BCUT2D eigenvalue weighted by atomic mass is 9.32. The molecule has 0 unspecified atom stereocenters. The quantitative estimate of drug-likeness (QED) is 0.253. The molecule has 4 heteroatoms. The lowest BCUT2D eigenvalue weighted by Gasteiger charge is -2.72. The van der Waals surface area contributed by atoms with E-state index in [1.54, 1.807) is 7.11 Å². The lowest BCUT2D eigenvalue weighted by Crippen LogP contribution is -2.67. The van der Waals surface area contributed by atoms with Gasteiger partial charge in [0.15, 0.2) is 6.79 Å². The van der Waals surface area contributed by atoms with Crippen LogP contribution < -0.4 is 0 Å². The maximum absolute atomic E-state index is 13.7. The number of carbonyl (C=O) groups excluding carboxylic acids is 1. The zero-order valence-electron chi connectivity index (χ0n) is 24.1. The Hall–Kier alpha value is -0.870. The fraction of sp³-hybridized carbons (Fsp3) is 0.906. The van der Waals surface area contributed by atoms with E-state index in [-0.39, 0.29) is 45.9 Å². The smallest absolute Gasteiger partial charge is 0.314 e. The highest BCUT2D eigenvalue weighted by Gasteiger charge is 2.72. The zero-order chi connectivity index (χ0) is 26.3. The SMILES string of the molecule is C=C(C)[C@@H]1CC[C@]2(C(=O)OCOC)CC[C@]3(C)[C@H](CC[C@@H]4[C@@]5(C)CC[C@H](O)C(C)(C)[C@@H]5CC[C@]43C)[C@@H]12. The number of esters is 1. The molecule has 0 saturated heterocycles. The van der Waals surface area contributed by atoms with E-state index in [0.717, 1.165) is 38.5 Å². The Balaban J connectivity index is 1.54. The Morgan fingerprint density at radius 1 is 0.889 bits per heavy atom. The Bertz CT molecular complexity index is 910. The van der Waals surface area contributed by atoms with Crippen LogP contribution in [0.5, 0.6) is 0 Å². The van der Waals surface area contributed by atoms with Crippen molar-refractivity contribution in [1.82, 2.24) is 0 Å². The second-order valence-corrected chi connectivity index (χ2v) is 15.1. The van der Waals surface area contributed by atoms with E-state index in [4.69, 9.17) is 9.47 Å². The maximum atomic E-state index is 13.7. The summed E-state index contributed by atoms with van der Waals surface area (Å²) in [6.45, 7) is 19.1. The van der Waals surface area contributed by atoms with Gasteiger partial charge in [-0.3, -0.25) is 4.79 Å². The van der Waals surface area contributed by atoms with Gasteiger partial charge in [0.05, 0.1) is 11.5 Å². The Labute approximate surface area is 220 Å². The fourth-order valence-corrected chi connectivity index (χ4v) is 11.7. The number of allylic oxidation sites excluding steroid dienone is 1. The van der Waals surface area contributed by atoms with Crippen LogP contribution in [-0.2, 0) is 14.3 Å². The number of ether oxygens (including phenoxy) is 2. The van der Waals surface area contributed by atoms with Crippen LogP contribution in [0, 0.1) is 56.7 Å².